The van der Waals surface area contributed by atoms with Gasteiger partial charge in [-0.2, -0.15) is 0 Å². The molecule has 0 radical (unpaired) electrons. The second-order valence-corrected chi connectivity index (χ2v) is 9.52. The van der Waals surface area contributed by atoms with E-state index in [1.54, 1.807) is 7.11 Å². The summed E-state index contributed by atoms with van der Waals surface area (Å²) in [5.41, 5.74) is 2.59. The summed E-state index contributed by atoms with van der Waals surface area (Å²) < 4.78 is 11.6. The Hall–Kier alpha value is -2.67. The van der Waals surface area contributed by atoms with Crippen LogP contribution in [-0.4, -0.2) is 29.1 Å². The normalized spacial score (nSPS) is 16.6. The van der Waals surface area contributed by atoms with Gasteiger partial charge in [0.05, 0.1) is 23.8 Å². The molecule has 2 heterocycles. The molecule has 2 aliphatic carbocycles. The van der Waals surface area contributed by atoms with Crippen molar-refractivity contribution in [2.75, 3.05) is 12.4 Å². The molecule has 0 spiro atoms. The van der Waals surface area contributed by atoms with Crippen molar-refractivity contribution in [3.63, 3.8) is 0 Å². The number of amides is 1. The van der Waals surface area contributed by atoms with Crippen molar-refractivity contribution in [3.8, 4) is 11.5 Å². The highest BCUT2D eigenvalue weighted by molar-refractivity contribution is 7.20. The summed E-state index contributed by atoms with van der Waals surface area (Å²) in [6.45, 7) is 3.98. The number of nitrogens with zero attached hydrogens (tertiary/aromatic N) is 2. The number of anilines is 1. The molecule has 0 aliphatic heterocycles. The van der Waals surface area contributed by atoms with Crippen LogP contribution in [0.5, 0.6) is 11.5 Å². The Bertz CT molecular complexity index is 1150. The second kappa shape index (κ2) is 8.11. The molecule has 31 heavy (non-hydrogen) atoms. The highest BCUT2D eigenvalue weighted by atomic mass is 32.1. The van der Waals surface area contributed by atoms with Gasteiger partial charge in [0, 0.05) is 23.1 Å². The first-order chi connectivity index (χ1) is 15.0. The first-order valence-corrected chi connectivity index (χ1v) is 11.8. The van der Waals surface area contributed by atoms with Crippen molar-refractivity contribution in [2.45, 2.75) is 64.4 Å². The number of aryl methyl sites for hydroxylation is 2. The predicted octanol–water partition coefficient (Wildman–Crippen LogP) is 5.77. The molecule has 162 valence electrons. The Kier molecular flexibility index (Phi) is 5.30. The first-order valence-electron chi connectivity index (χ1n) is 11.0. The lowest BCUT2D eigenvalue weighted by Crippen LogP contribution is -2.14. The van der Waals surface area contributed by atoms with Gasteiger partial charge in [0.15, 0.2) is 11.5 Å². The Morgan fingerprint density at radius 2 is 1.87 bits per heavy atom. The number of ether oxygens (including phenoxy) is 2. The zero-order valence-corrected chi connectivity index (χ0v) is 19.0. The number of nitrogens with one attached hydrogen (secondary N) is 1. The lowest BCUT2D eigenvalue weighted by atomic mass is 10.1. The molecule has 6 nitrogen and oxygen atoms in total. The summed E-state index contributed by atoms with van der Waals surface area (Å²) in [6, 6.07) is 5.54. The van der Waals surface area contributed by atoms with E-state index in [9.17, 15) is 4.79 Å². The topological polar surface area (TPSA) is 73.3 Å². The number of methoxy groups -OCH3 is 1. The maximum Gasteiger partial charge on any atom is 0.266 e. The van der Waals surface area contributed by atoms with Gasteiger partial charge in [-0.3, -0.25) is 4.79 Å². The van der Waals surface area contributed by atoms with Crippen LogP contribution in [-0.2, 0) is 0 Å². The molecule has 7 heteroatoms. The maximum absolute atomic E-state index is 13.1. The maximum atomic E-state index is 13.1. The van der Waals surface area contributed by atoms with E-state index >= 15 is 0 Å². The van der Waals surface area contributed by atoms with Gasteiger partial charge in [0.2, 0.25) is 0 Å². The van der Waals surface area contributed by atoms with E-state index in [1.807, 2.05) is 32.0 Å². The lowest BCUT2D eigenvalue weighted by molar-refractivity contribution is 0.103. The summed E-state index contributed by atoms with van der Waals surface area (Å²) >= 11 is 1.44. The number of thiophene rings is 1. The number of fused-ring (bicyclic) bond motifs is 1. The number of carbonyl (C=O) groups is 1. The smallest absolute Gasteiger partial charge is 0.266 e. The van der Waals surface area contributed by atoms with Gasteiger partial charge in [-0.25, -0.2) is 9.97 Å². The van der Waals surface area contributed by atoms with Crippen LogP contribution in [0.2, 0.25) is 0 Å². The molecule has 5 rings (SSSR count). The average Bonchev–Trinajstić information content (AvgIpc) is 3.38. The molecule has 2 aliphatic rings. The van der Waals surface area contributed by atoms with Crippen LogP contribution < -0.4 is 14.8 Å². The van der Waals surface area contributed by atoms with Crippen molar-refractivity contribution >= 4 is 33.1 Å². The Labute approximate surface area is 186 Å². The van der Waals surface area contributed by atoms with Crippen LogP contribution in [0.25, 0.3) is 10.2 Å². The molecule has 3 aromatic rings. The number of hydrogen-bond donors (Lipinski definition) is 1. The number of carbonyl (C=O) groups excluding carboxylic acids is 1. The summed E-state index contributed by atoms with van der Waals surface area (Å²) in [5, 5.41) is 4.03. The highest BCUT2D eigenvalue weighted by Crippen LogP contribution is 2.41. The molecule has 1 N–H and O–H groups in total. The van der Waals surface area contributed by atoms with Crippen molar-refractivity contribution in [1.82, 2.24) is 9.97 Å². The van der Waals surface area contributed by atoms with Gasteiger partial charge in [0.1, 0.15) is 10.7 Å². The molecule has 0 atom stereocenters. The van der Waals surface area contributed by atoms with Crippen LogP contribution in [0.15, 0.2) is 18.2 Å². The van der Waals surface area contributed by atoms with Crippen LogP contribution in [0.1, 0.15) is 71.2 Å². The fourth-order valence-electron chi connectivity index (χ4n) is 4.32. The van der Waals surface area contributed by atoms with Crippen LogP contribution >= 0.6 is 11.3 Å². The molecule has 1 amide bonds. The second-order valence-electron chi connectivity index (χ2n) is 8.52. The van der Waals surface area contributed by atoms with Gasteiger partial charge < -0.3 is 14.8 Å². The minimum absolute atomic E-state index is 0.134. The van der Waals surface area contributed by atoms with Gasteiger partial charge >= 0.3 is 0 Å². The SMILES string of the molecule is COc1ccc(NC(=O)c2sc3nc(C4CC4)nc(C)c3c2C)cc1OC1CCCC1. The number of hydrogen-bond acceptors (Lipinski definition) is 6. The van der Waals surface area contributed by atoms with Gasteiger partial charge in [-0.1, -0.05) is 0 Å². The lowest BCUT2D eigenvalue weighted by Gasteiger charge is -2.17. The van der Waals surface area contributed by atoms with E-state index in [4.69, 9.17) is 19.4 Å². The third kappa shape index (κ3) is 3.99. The number of benzene rings is 1. The van der Waals surface area contributed by atoms with E-state index in [2.05, 4.69) is 5.32 Å². The third-order valence-electron chi connectivity index (χ3n) is 6.15. The molecule has 2 aromatic heterocycles. The summed E-state index contributed by atoms with van der Waals surface area (Å²) in [5.74, 6) is 2.63. The third-order valence-corrected chi connectivity index (χ3v) is 7.34. The Balaban J connectivity index is 1.41. The van der Waals surface area contributed by atoms with E-state index in [0.29, 0.717) is 28.0 Å². The minimum Gasteiger partial charge on any atom is -0.493 e. The zero-order valence-electron chi connectivity index (χ0n) is 18.2. The molecular weight excluding hydrogens is 410 g/mol. The van der Waals surface area contributed by atoms with Crippen molar-refractivity contribution < 1.29 is 14.3 Å². The zero-order chi connectivity index (χ0) is 21.5. The molecule has 2 fully saturated rings. The Morgan fingerprint density at radius 3 is 2.58 bits per heavy atom. The fourth-order valence-corrected chi connectivity index (χ4v) is 5.45. The predicted molar refractivity (Wildman–Crippen MR) is 123 cm³/mol. The summed E-state index contributed by atoms with van der Waals surface area (Å²) in [4.78, 5) is 24.2. The number of rotatable bonds is 6. The van der Waals surface area contributed by atoms with E-state index < -0.39 is 0 Å². The highest BCUT2D eigenvalue weighted by Gasteiger charge is 2.28. The average molecular weight is 438 g/mol. The molecule has 1 aromatic carbocycles. The van der Waals surface area contributed by atoms with Gasteiger partial charge in [0.25, 0.3) is 5.91 Å². The molecule has 0 unspecified atom stereocenters. The number of aromatic nitrogens is 2. The monoisotopic (exact) mass is 437 g/mol. The van der Waals surface area contributed by atoms with Crippen LogP contribution in [0, 0.1) is 13.8 Å². The first kappa shape index (κ1) is 20.2. The van der Waals surface area contributed by atoms with Crippen molar-refractivity contribution in [3.05, 3.63) is 40.2 Å². The van der Waals surface area contributed by atoms with Crippen LogP contribution in [0.4, 0.5) is 5.69 Å². The Morgan fingerprint density at radius 1 is 1.10 bits per heavy atom. The van der Waals surface area contributed by atoms with E-state index in [1.165, 1.54) is 24.2 Å². The summed E-state index contributed by atoms with van der Waals surface area (Å²) in [7, 11) is 1.63. The quantitative estimate of drug-likeness (QED) is 0.530. The minimum atomic E-state index is -0.134. The summed E-state index contributed by atoms with van der Waals surface area (Å²) in [6.07, 6.45) is 7.04. The molecular formula is C24H27N3O3S. The van der Waals surface area contributed by atoms with Gasteiger partial charge in [-0.15, -0.1) is 11.3 Å². The van der Waals surface area contributed by atoms with Gasteiger partial charge in [-0.05, 0) is 70.1 Å². The van der Waals surface area contributed by atoms with Crippen molar-refractivity contribution in [2.24, 2.45) is 0 Å². The van der Waals surface area contributed by atoms with E-state index in [-0.39, 0.29) is 12.0 Å². The molecule has 0 bridgehead atoms. The van der Waals surface area contributed by atoms with E-state index in [0.717, 1.165) is 53.0 Å². The fraction of sp³-hybridized carbons (Fsp3) is 0.458. The van der Waals surface area contributed by atoms with Crippen molar-refractivity contribution in [1.29, 1.82) is 0 Å². The molecule has 2 saturated carbocycles. The molecule has 0 saturated heterocycles. The largest absolute Gasteiger partial charge is 0.493 e. The van der Waals surface area contributed by atoms with Crippen LogP contribution in [0.3, 0.4) is 0 Å². The standard InChI is InChI=1S/C24H27N3O3S/c1-13-20-14(2)25-22(15-8-9-15)27-24(20)31-21(13)23(28)26-16-10-11-18(29-3)19(12-16)30-17-6-4-5-7-17/h10-12,15,17H,4-9H2,1-3H3,(H,26,28).